The zero-order valence-electron chi connectivity index (χ0n) is 9.59. The number of hydrogen-bond donors (Lipinski definition) is 0. The van der Waals surface area contributed by atoms with Gasteiger partial charge in [0.2, 0.25) is 0 Å². The molecule has 0 N–H and O–H groups in total. The van der Waals surface area contributed by atoms with E-state index in [1.165, 1.54) is 6.33 Å². The lowest BCUT2D eigenvalue weighted by molar-refractivity contribution is 0.685. The molecule has 0 radical (unpaired) electrons. The summed E-state index contributed by atoms with van der Waals surface area (Å²) in [5, 5.41) is 13.0. The summed E-state index contributed by atoms with van der Waals surface area (Å²) < 4.78 is 1.78. The molecule has 0 saturated heterocycles. The largest absolute Gasteiger partial charge is 0.242 e. The van der Waals surface area contributed by atoms with Crippen molar-refractivity contribution in [2.24, 2.45) is 0 Å². The number of nitrogens with zero attached hydrogens (tertiary/aromatic N) is 4. The van der Waals surface area contributed by atoms with Gasteiger partial charge in [-0.15, -0.1) is 0 Å². The normalized spacial score (nSPS) is 9.88. The first kappa shape index (κ1) is 11.1. The Kier molecular flexibility index (Phi) is 3.01. The maximum atomic E-state index is 8.87. The Morgan fingerprint density at radius 3 is 3.06 bits per heavy atom. The van der Waals surface area contributed by atoms with Gasteiger partial charge in [-0.05, 0) is 19.1 Å². The molecule has 0 aliphatic carbocycles. The third-order valence-corrected chi connectivity index (χ3v) is 2.29. The Balaban J connectivity index is 2.43. The van der Waals surface area contributed by atoms with Crippen LogP contribution in [0.25, 0.3) is 11.4 Å². The van der Waals surface area contributed by atoms with Crippen LogP contribution in [0.5, 0.6) is 0 Å². The summed E-state index contributed by atoms with van der Waals surface area (Å²) >= 11 is 0. The van der Waals surface area contributed by atoms with E-state index in [-0.39, 0.29) is 0 Å². The van der Waals surface area contributed by atoms with Gasteiger partial charge in [0.05, 0.1) is 18.2 Å². The fraction of sp³-hybridized carbons (Fsp3) is 0.154. The smallest absolute Gasteiger partial charge is 0.158 e. The first-order valence-corrected chi connectivity index (χ1v) is 5.23. The molecule has 1 aromatic heterocycles. The molecule has 2 rings (SSSR count). The van der Waals surface area contributed by atoms with E-state index >= 15 is 0 Å². The van der Waals surface area contributed by atoms with E-state index in [2.05, 4.69) is 22.7 Å². The van der Waals surface area contributed by atoms with Crippen molar-refractivity contribution in [3.8, 4) is 17.5 Å². The topological polar surface area (TPSA) is 54.5 Å². The minimum Gasteiger partial charge on any atom is -0.242 e. The van der Waals surface area contributed by atoms with Gasteiger partial charge < -0.3 is 0 Å². The Morgan fingerprint density at radius 1 is 1.53 bits per heavy atom. The second-order valence-corrected chi connectivity index (χ2v) is 3.89. The van der Waals surface area contributed by atoms with Crippen molar-refractivity contribution >= 4 is 0 Å². The molecule has 4 nitrogen and oxygen atoms in total. The lowest BCUT2D eigenvalue weighted by Gasteiger charge is -2.05. The molecule has 17 heavy (non-hydrogen) atoms. The van der Waals surface area contributed by atoms with E-state index < -0.39 is 0 Å². The quantitative estimate of drug-likeness (QED) is 0.752. The van der Waals surface area contributed by atoms with E-state index in [9.17, 15) is 0 Å². The molecular formula is C13H12N4. The van der Waals surface area contributed by atoms with Crippen LogP contribution in [0.1, 0.15) is 12.5 Å². The van der Waals surface area contributed by atoms with Crippen LogP contribution in [0, 0.1) is 11.3 Å². The molecule has 4 heteroatoms. The summed E-state index contributed by atoms with van der Waals surface area (Å²) in [6.45, 7) is 6.43. The Bertz CT molecular complexity index is 589. The molecule has 0 fully saturated rings. The maximum absolute atomic E-state index is 8.87. The van der Waals surface area contributed by atoms with E-state index in [4.69, 9.17) is 5.26 Å². The van der Waals surface area contributed by atoms with Gasteiger partial charge >= 0.3 is 0 Å². The minimum atomic E-state index is 0.618. The third-order valence-electron chi connectivity index (χ3n) is 2.29. The van der Waals surface area contributed by atoms with Gasteiger partial charge in [0.15, 0.2) is 5.82 Å². The van der Waals surface area contributed by atoms with Crippen molar-refractivity contribution in [1.29, 1.82) is 5.26 Å². The molecule has 0 aliphatic rings. The van der Waals surface area contributed by atoms with Crippen molar-refractivity contribution < 1.29 is 0 Å². The summed E-state index contributed by atoms with van der Waals surface area (Å²) in [4.78, 5) is 4.22. The number of nitriles is 1. The number of aromatic nitrogens is 3. The molecule has 1 aromatic carbocycles. The molecule has 0 spiro atoms. The van der Waals surface area contributed by atoms with E-state index in [1.807, 2.05) is 19.1 Å². The molecular weight excluding hydrogens is 212 g/mol. The van der Waals surface area contributed by atoms with Crippen molar-refractivity contribution in [3.05, 3.63) is 48.3 Å². The number of allylic oxidation sites excluding steroid dienone is 1. The number of rotatable bonds is 3. The van der Waals surface area contributed by atoms with Crippen LogP contribution in [0.15, 0.2) is 42.7 Å². The Hall–Kier alpha value is -2.41. The molecule has 84 valence electrons. The van der Waals surface area contributed by atoms with Crippen LogP contribution in [0.3, 0.4) is 0 Å². The zero-order valence-corrected chi connectivity index (χ0v) is 9.59. The highest BCUT2D eigenvalue weighted by atomic mass is 15.3. The van der Waals surface area contributed by atoms with Crippen LogP contribution in [-0.4, -0.2) is 14.8 Å². The van der Waals surface area contributed by atoms with Gasteiger partial charge in [-0.25, -0.2) is 9.67 Å². The van der Waals surface area contributed by atoms with Crippen LogP contribution in [0.4, 0.5) is 0 Å². The van der Waals surface area contributed by atoms with Crippen molar-refractivity contribution in [2.75, 3.05) is 0 Å². The van der Waals surface area contributed by atoms with Crippen LogP contribution in [0.2, 0.25) is 0 Å². The van der Waals surface area contributed by atoms with E-state index in [0.717, 1.165) is 17.0 Å². The summed E-state index contributed by atoms with van der Waals surface area (Å²) in [6.07, 6.45) is 1.51. The SMILES string of the molecule is C=C(C)Cn1ncnc1-c1cccc(C#N)c1. The fourth-order valence-electron chi connectivity index (χ4n) is 1.59. The van der Waals surface area contributed by atoms with Gasteiger partial charge in [0.25, 0.3) is 0 Å². The predicted octanol–water partition coefficient (Wildman–Crippen LogP) is 2.39. The molecule has 0 saturated carbocycles. The summed E-state index contributed by atoms with van der Waals surface area (Å²) in [6, 6.07) is 9.44. The zero-order chi connectivity index (χ0) is 12.3. The van der Waals surface area contributed by atoms with Gasteiger partial charge in [-0.2, -0.15) is 10.4 Å². The van der Waals surface area contributed by atoms with Crippen LogP contribution >= 0.6 is 0 Å². The van der Waals surface area contributed by atoms with Gasteiger partial charge in [0.1, 0.15) is 6.33 Å². The summed E-state index contributed by atoms with van der Waals surface area (Å²) in [5.41, 5.74) is 2.52. The van der Waals surface area contributed by atoms with Crippen molar-refractivity contribution in [2.45, 2.75) is 13.5 Å². The van der Waals surface area contributed by atoms with E-state index in [0.29, 0.717) is 12.1 Å². The highest BCUT2D eigenvalue weighted by Gasteiger charge is 2.07. The average molecular weight is 224 g/mol. The monoisotopic (exact) mass is 224 g/mol. The molecule has 0 unspecified atom stereocenters. The van der Waals surface area contributed by atoms with E-state index in [1.54, 1.807) is 16.8 Å². The summed E-state index contributed by atoms with van der Waals surface area (Å²) in [7, 11) is 0. The van der Waals surface area contributed by atoms with Gasteiger partial charge in [-0.1, -0.05) is 24.3 Å². The van der Waals surface area contributed by atoms with Crippen molar-refractivity contribution in [3.63, 3.8) is 0 Å². The highest BCUT2D eigenvalue weighted by molar-refractivity contribution is 5.57. The molecule has 0 bridgehead atoms. The molecule has 0 amide bonds. The molecule has 0 aliphatic heterocycles. The summed E-state index contributed by atoms with van der Waals surface area (Å²) in [5.74, 6) is 0.755. The second-order valence-electron chi connectivity index (χ2n) is 3.89. The Morgan fingerprint density at radius 2 is 2.35 bits per heavy atom. The highest BCUT2D eigenvalue weighted by Crippen LogP contribution is 2.18. The molecule has 0 atom stereocenters. The third kappa shape index (κ3) is 2.40. The Labute approximate surface area is 99.8 Å². The fourth-order valence-corrected chi connectivity index (χ4v) is 1.59. The second kappa shape index (κ2) is 4.62. The minimum absolute atomic E-state index is 0.618. The predicted molar refractivity (Wildman–Crippen MR) is 65.0 cm³/mol. The molecule has 1 heterocycles. The average Bonchev–Trinajstić information content (AvgIpc) is 2.76. The van der Waals surface area contributed by atoms with Gasteiger partial charge in [0, 0.05) is 5.56 Å². The van der Waals surface area contributed by atoms with Crippen LogP contribution in [-0.2, 0) is 6.54 Å². The van der Waals surface area contributed by atoms with Crippen LogP contribution < -0.4 is 0 Å². The van der Waals surface area contributed by atoms with Gasteiger partial charge in [-0.3, -0.25) is 0 Å². The lowest BCUT2D eigenvalue weighted by Crippen LogP contribution is -2.03. The maximum Gasteiger partial charge on any atom is 0.158 e. The standard InChI is InChI=1S/C13H12N4/c1-10(2)8-17-13(15-9-16-17)12-5-3-4-11(6-12)7-14/h3-6,9H,1,8H2,2H3. The lowest BCUT2D eigenvalue weighted by atomic mass is 10.1. The first-order chi connectivity index (χ1) is 8.20. The number of benzene rings is 1. The van der Waals surface area contributed by atoms with Crippen molar-refractivity contribution in [1.82, 2.24) is 14.8 Å². The molecule has 2 aromatic rings. The number of hydrogen-bond acceptors (Lipinski definition) is 3. The first-order valence-electron chi connectivity index (χ1n) is 5.23.